The first-order valence-electron chi connectivity index (χ1n) is 3.55. The Morgan fingerprint density at radius 3 is 2.29 bits per heavy atom. The molecule has 2 amide bonds. The van der Waals surface area contributed by atoms with Crippen molar-refractivity contribution in [1.29, 1.82) is 0 Å². The van der Waals surface area contributed by atoms with Crippen LogP contribution in [0.3, 0.4) is 0 Å². The summed E-state index contributed by atoms with van der Waals surface area (Å²) in [5, 5.41) is 1.73. The van der Waals surface area contributed by atoms with Crippen molar-refractivity contribution in [3.05, 3.63) is 34.6 Å². The molecule has 0 saturated carbocycles. The number of halogens is 3. The summed E-state index contributed by atoms with van der Waals surface area (Å²) >= 11 is 0. The molecule has 6 heteroatoms. The first-order valence-corrected chi connectivity index (χ1v) is 3.55. The summed E-state index contributed by atoms with van der Waals surface area (Å²) in [6.07, 6.45) is 0. The van der Waals surface area contributed by atoms with Gasteiger partial charge < -0.3 is 0 Å². The van der Waals surface area contributed by atoms with Gasteiger partial charge in [0.2, 0.25) is 0 Å². The average Bonchev–Trinajstić information content (AvgIpc) is 2.38. The zero-order valence-electron chi connectivity index (χ0n) is 6.53. The molecule has 1 aromatic carbocycles. The van der Waals surface area contributed by atoms with Gasteiger partial charge in [-0.05, 0) is 6.07 Å². The van der Waals surface area contributed by atoms with Crippen LogP contribution in [0.2, 0.25) is 0 Å². The Hall–Kier alpha value is -1.85. The summed E-state index contributed by atoms with van der Waals surface area (Å²) in [7, 11) is 0. The van der Waals surface area contributed by atoms with Gasteiger partial charge in [-0.25, -0.2) is 13.2 Å². The van der Waals surface area contributed by atoms with Crippen molar-refractivity contribution >= 4 is 11.8 Å². The van der Waals surface area contributed by atoms with Crippen molar-refractivity contribution < 1.29 is 22.8 Å². The van der Waals surface area contributed by atoms with E-state index in [2.05, 4.69) is 0 Å². The van der Waals surface area contributed by atoms with Crippen LogP contribution in [0, 0.1) is 17.5 Å². The highest BCUT2D eigenvalue weighted by atomic mass is 19.2. The lowest BCUT2D eigenvalue weighted by molar-refractivity contribution is 0.0878. The van der Waals surface area contributed by atoms with E-state index in [-0.39, 0.29) is 0 Å². The molecule has 14 heavy (non-hydrogen) atoms. The number of nitrogens with one attached hydrogen (secondary N) is 1. The minimum absolute atomic E-state index is 0.480. The fraction of sp³-hybridized carbons (Fsp3) is 0. The zero-order chi connectivity index (χ0) is 10.5. The summed E-state index contributed by atoms with van der Waals surface area (Å²) in [6.45, 7) is 0. The lowest BCUT2D eigenvalue weighted by Crippen LogP contribution is -2.20. The molecule has 1 aliphatic heterocycles. The highest BCUT2D eigenvalue weighted by molar-refractivity contribution is 6.21. The Bertz CT molecular complexity index is 470. The Labute approximate surface area is 75.5 Å². The maximum atomic E-state index is 13.0. The van der Waals surface area contributed by atoms with Crippen molar-refractivity contribution in [2.75, 3.05) is 0 Å². The monoisotopic (exact) mass is 201 g/mol. The minimum Gasteiger partial charge on any atom is -0.288 e. The molecule has 1 heterocycles. The molecule has 1 N–H and O–H groups in total. The number of rotatable bonds is 0. The number of amides is 2. The second kappa shape index (κ2) is 2.57. The Balaban J connectivity index is 2.82. The van der Waals surface area contributed by atoms with E-state index in [9.17, 15) is 22.8 Å². The Kier molecular flexibility index (Phi) is 1.60. The summed E-state index contributed by atoms with van der Waals surface area (Å²) in [6, 6.07) is 0.494. The SMILES string of the molecule is O=C1NC(=O)c2c1cc(F)c(F)c2F. The zero-order valence-corrected chi connectivity index (χ0v) is 6.53. The van der Waals surface area contributed by atoms with Crippen molar-refractivity contribution in [1.82, 2.24) is 5.32 Å². The third-order valence-corrected chi connectivity index (χ3v) is 1.86. The number of benzene rings is 1. The summed E-state index contributed by atoms with van der Waals surface area (Å²) < 4.78 is 38.2. The topological polar surface area (TPSA) is 46.2 Å². The summed E-state index contributed by atoms with van der Waals surface area (Å²) in [5.74, 6) is -6.87. The van der Waals surface area contributed by atoms with Crippen molar-refractivity contribution in [2.24, 2.45) is 0 Å². The predicted molar refractivity (Wildman–Crippen MR) is 38.1 cm³/mol. The van der Waals surface area contributed by atoms with Crippen LogP contribution in [-0.2, 0) is 0 Å². The number of imide groups is 1. The van der Waals surface area contributed by atoms with Gasteiger partial charge in [-0.2, -0.15) is 0 Å². The highest BCUT2D eigenvalue weighted by Crippen LogP contribution is 2.23. The molecule has 0 aromatic heterocycles. The van der Waals surface area contributed by atoms with Crippen LogP contribution in [0.5, 0.6) is 0 Å². The molecule has 1 aromatic rings. The normalized spacial score (nSPS) is 14.2. The maximum absolute atomic E-state index is 13.0. The first-order chi connectivity index (χ1) is 6.52. The lowest BCUT2D eigenvalue weighted by Gasteiger charge is -1.98. The van der Waals surface area contributed by atoms with E-state index >= 15 is 0 Å². The highest BCUT2D eigenvalue weighted by Gasteiger charge is 2.33. The third kappa shape index (κ3) is 0.935. The van der Waals surface area contributed by atoms with Gasteiger partial charge in [0, 0.05) is 0 Å². The minimum atomic E-state index is -1.76. The maximum Gasteiger partial charge on any atom is 0.262 e. The van der Waals surface area contributed by atoms with E-state index in [0.29, 0.717) is 6.07 Å². The third-order valence-electron chi connectivity index (χ3n) is 1.86. The van der Waals surface area contributed by atoms with Crippen LogP contribution < -0.4 is 5.32 Å². The first kappa shape index (κ1) is 8.74. The van der Waals surface area contributed by atoms with Gasteiger partial charge in [0.1, 0.15) is 0 Å². The fourth-order valence-corrected chi connectivity index (χ4v) is 1.23. The van der Waals surface area contributed by atoms with Crippen molar-refractivity contribution in [2.45, 2.75) is 0 Å². The van der Waals surface area contributed by atoms with Crippen LogP contribution in [0.1, 0.15) is 20.7 Å². The molecule has 0 fully saturated rings. The Morgan fingerprint density at radius 2 is 1.64 bits per heavy atom. The molecule has 0 spiro atoms. The van der Waals surface area contributed by atoms with Gasteiger partial charge >= 0.3 is 0 Å². The fourth-order valence-electron chi connectivity index (χ4n) is 1.23. The summed E-state index contributed by atoms with van der Waals surface area (Å²) in [5.41, 5.74) is -1.22. The molecular weight excluding hydrogens is 199 g/mol. The molecule has 2 rings (SSSR count). The van der Waals surface area contributed by atoms with Gasteiger partial charge in [-0.1, -0.05) is 0 Å². The molecule has 72 valence electrons. The molecule has 3 nitrogen and oxygen atoms in total. The van der Waals surface area contributed by atoms with E-state index in [1.807, 2.05) is 0 Å². The summed E-state index contributed by atoms with van der Waals surface area (Å²) in [4.78, 5) is 21.8. The standard InChI is InChI=1S/C8H2F3NO2/c9-3-1-2-4(6(11)5(3)10)8(14)12-7(2)13/h1H,(H,12,13,14). The van der Waals surface area contributed by atoms with E-state index in [1.54, 1.807) is 5.32 Å². The molecule has 0 bridgehead atoms. The van der Waals surface area contributed by atoms with Crippen LogP contribution in [-0.4, -0.2) is 11.8 Å². The second-order valence-electron chi connectivity index (χ2n) is 2.69. The number of fused-ring (bicyclic) bond motifs is 1. The van der Waals surface area contributed by atoms with Gasteiger partial charge in [0.15, 0.2) is 17.5 Å². The van der Waals surface area contributed by atoms with E-state index < -0.39 is 40.4 Å². The van der Waals surface area contributed by atoms with Crippen LogP contribution in [0.4, 0.5) is 13.2 Å². The van der Waals surface area contributed by atoms with Crippen LogP contribution >= 0.6 is 0 Å². The van der Waals surface area contributed by atoms with Crippen molar-refractivity contribution in [3.8, 4) is 0 Å². The lowest BCUT2D eigenvalue weighted by atomic mass is 10.1. The van der Waals surface area contributed by atoms with Gasteiger partial charge in [0.25, 0.3) is 11.8 Å². The molecule has 1 aliphatic rings. The Morgan fingerprint density at radius 1 is 1.00 bits per heavy atom. The van der Waals surface area contributed by atoms with Crippen LogP contribution in [0.25, 0.3) is 0 Å². The van der Waals surface area contributed by atoms with E-state index in [4.69, 9.17) is 0 Å². The van der Waals surface area contributed by atoms with Crippen LogP contribution in [0.15, 0.2) is 6.07 Å². The quantitative estimate of drug-likeness (QED) is 0.502. The number of hydrogen-bond acceptors (Lipinski definition) is 2. The predicted octanol–water partition coefficient (Wildman–Crippen LogP) is 0.988. The van der Waals surface area contributed by atoms with Crippen molar-refractivity contribution in [3.63, 3.8) is 0 Å². The average molecular weight is 201 g/mol. The number of hydrogen-bond donors (Lipinski definition) is 1. The van der Waals surface area contributed by atoms with Gasteiger partial charge in [-0.3, -0.25) is 14.9 Å². The van der Waals surface area contributed by atoms with Gasteiger partial charge in [-0.15, -0.1) is 0 Å². The molecule has 0 unspecified atom stereocenters. The molecule has 0 atom stereocenters. The number of carbonyl (C=O) groups is 2. The number of carbonyl (C=O) groups excluding carboxylic acids is 2. The largest absolute Gasteiger partial charge is 0.288 e. The van der Waals surface area contributed by atoms with E-state index in [1.165, 1.54) is 0 Å². The van der Waals surface area contributed by atoms with E-state index in [0.717, 1.165) is 0 Å². The second-order valence-corrected chi connectivity index (χ2v) is 2.69. The molecular formula is C8H2F3NO2. The molecule has 0 saturated heterocycles. The molecule has 0 radical (unpaired) electrons. The smallest absolute Gasteiger partial charge is 0.262 e. The van der Waals surface area contributed by atoms with Gasteiger partial charge in [0.05, 0.1) is 11.1 Å². The molecule has 0 aliphatic carbocycles.